The minimum Gasteiger partial charge on any atom is -0.370 e. The molecule has 102 valence electrons. The van der Waals surface area contributed by atoms with Crippen LogP contribution in [0.5, 0.6) is 0 Å². The van der Waals surface area contributed by atoms with Crippen molar-refractivity contribution in [3.05, 3.63) is 24.0 Å². The van der Waals surface area contributed by atoms with E-state index in [-0.39, 0.29) is 0 Å². The van der Waals surface area contributed by atoms with Crippen molar-refractivity contribution in [3.8, 4) is 0 Å². The highest BCUT2D eigenvalue weighted by Gasteiger charge is 2.14. The van der Waals surface area contributed by atoms with Crippen molar-refractivity contribution in [2.24, 2.45) is 0 Å². The molecule has 0 aliphatic heterocycles. The van der Waals surface area contributed by atoms with Crippen LogP contribution in [0, 0.1) is 0 Å². The van der Waals surface area contributed by atoms with Crippen LogP contribution < -0.4 is 10.2 Å². The van der Waals surface area contributed by atoms with Crippen LogP contribution in [-0.2, 0) is 6.54 Å². The van der Waals surface area contributed by atoms with Gasteiger partial charge in [0.1, 0.15) is 0 Å². The minimum absolute atomic E-state index is 0.596. The van der Waals surface area contributed by atoms with Crippen molar-refractivity contribution >= 4 is 5.69 Å². The van der Waals surface area contributed by atoms with E-state index >= 15 is 0 Å². The zero-order valence-corrected chi connectivity index (χ0v) is 12.2. The van der Waals surface area contributed by atoms with E-state index in [1.807, 2.05) is 12.4 Å². The zero-order valence-electron chi connectivity index (χ0n) is 12.2. The molecule has 3 nitrogen and oxygen atoms in total. The molecule has 0 atom stereocenters. The summed E-state index contributed by atoms with van der Waals surface area (Å²) in [4.78, 5) is 6.65. The Hall–Kier alpha value is -1.09. The van der Waals surface area contributed by atoms with Gasteiger partial charge in [-0.1, -0.05) is 20.8 Å². The number of hydrogen-bond donors (Lipinski definition) is 1. The standard InChI is InChI=1S/C15H27N3/c1-5-9-16-11-13-8-10-17-12-15(13)18(4)14(6-2)7-3/h8,10,12,14,16H,5-7,9,11H2,1-4H3. The molecular weight excluding hydrogens is 222 g/mol. The van der Waals surface area contributed by atoms with Crippen molar-refractivity contribution in [2.45, 2.75) is 52.6 Å². The molecule has 0 bridgehead atoms. The molecule has 1 aromatic rings. The zero-order chi connectivity index (χ0) is 13.4. The maximum atomic E-state index is 4.28. The molecule has 1 N–H and O–H groups in total. The molecule has 0 radical (unpaired) electrons. The second-order valence-corrected chi connectivity index (χ2v) is 4.76. The molecular formula is C15H27N3. The fourth-order valence-electron chi connectivity index (χ4n) is 2.31. The third kappa shape index (κ3) is 3.98. The Kier molecular flexibility index (Phi) is 6.73. The average molecular weight is 249 g/mol. The van der Waals surface area contributed by atoms with Gasteiger partial charge in [0.05, 0.1) is 11.9 Å². The van der Waals surface area contributed by atoms with Crippen LogP contribution in [0.4, 0.5) is 5.69 Å². The molecule has 1 rings (SSSR count). The van der Waals surface area contributed by atoms with Gasteiger partial charge in [0, 0.05) is 25.8 Å². The van der Waals surface area contributed by atoms with Gasteiger partial charge in [-0.2, -0.15) is 0 Å². The maximum Gasteiger partial charge on any atom is 0.0598 e. The Morgan fingerprint density at radius 3 is 2.61 bits per heavy atom. The molecule has 0 aliphatic rings. The summed E-state index contributed by atoms with van der Waals surface area (Å²) in [5.74, 6) is 0. The van der Waals surface area contributed by atoms with Crippen LogP contribution in [0.25, 0.3) is 0 Å². The van der Waals surface area contributed by atoms with E-state index in [4.69, 9.17) is 0 Å². The van der Waals surface area contributed by atoms with Gasteiger partial charge in [-0.15, -0.1) is 0 Å². The van der Waals surface area contributed by atoms with Gasteiger partial charge in [0.2, 0.25) is 0 Å². The lowest BCUT2D eigenvalue weighted by Crippen LogP contribution is -2.31. The molecule has 0 unspecified atom stereocenters. The van der Waals surface area contributed by atoms with E-state index in [1.54, 1.807) is 0 Å². The molecule has 0 spiro atoms. The van der Waals surface area contributed by atoms with Gasteiger partial charge >= 0.3 is 0 Å². The minimum atomic E-state index is 0.596. The molecule has 1 heterocycles. The molecule has 3 heteroatoms. The van der Waals surface area contributed by atoms with Crippen molar-refractivity contribution in [1.82, 2.24) is 10.3 Å². The summed E-state index contributed by atoms with van der Waals surface area (Å²) in [7, 11) is 2.18. The Labute approximate surface area is 112 Å². The molecule has 0 saturated carbocycles. The number of rotatable bonds is 8. The summed E-state index contributed by atoms with van der Waals surface area (Å²) < 4.78 is 0. The van der Waals surface area contributed by atoms with Crippen molar-refractivity contribution < 1.29 is 0 Å². The largest absolute Gasteiger partial charge is 0.370 e. The van der Waals surface area contributed by atoms with Crippen LogP contribution >= 0.6 is 0 Å². The lowest BCUT2D eigenvalue weighted by Gasteiger charge is -2.30. The summed E-state index contributed by atoms with van der Waals surface area (Å²) in [6.45, 7) is 8.68. The van der Waals surface area contributed by atoms with Crippen LogP contribution in [0.1, 0.15) is 45.6 Å². The third-order valence-corrected chi connectivity index (χ3v) is 3.50. The van der Waals surface area contributed by atoms with E-state index in [2.05, 4.69) is 49.1 Å². The first-order valence-electron chi connectivity index (χ1n) is 7.10. The normalized spacial score (nSPS) is 10.9. The topological polar surface area (TPSA) is 28.2 Å². The molecule has 18 heavy (non-hydrogen) atoms. The molecule has 0 amide bonds. The first kappa shape index (κ1) is 15.0. The number of nitrogens with one attached hydrogen (secondary N) is 1. The van der Waals surface area contributed by atoms with E-state index in [1.165, 1.54) is 30.5 Å². The molecule has 0 aromatic carbocycles. The Morgan fingerprint density at radius 2 is 2.00 bits per heavy atom. The first-order chi connectivity index (χ1) is 8.74. The summed E-state index contributed by atoms with van der Waals surface area (Å²) in [6.07, 6.45) is 7.38. The number of pyridine rings is 1. The van der Waals surface area contributed by atoms with Crippen LogP contribution in [0.3, 0.4) is 0 Å². The summed E-state index contributed by atoms with van der Waals surface area (Å²) in [6, 6.07) is 2.72. The van der Waals surface area contributed by atoms with Gasteiger partial charge in [0.25, 0.3) is 0 Å². The van der Waals surface area contributed by atoms with Crippen LogP contribution in [-0.4, -0.2) is 24.6 Å². The first-order valence-corrected chi connectivity index (χ1v) is 7.10. The maximum absolute atomic E-state index is 4.28. The third-order valence-electron chi connectivity index (χ3n) is 3.50. The summed E-state index contributed by atoms with van der Waals surface area (Å²) in [5, 5.41) is 3.47. The second kappa shape index (κ2) is 8.09. The van der Waals surface area contributed by atoms with Gasteiger partial charge in [-0.25, -0.2) is 0 Å². The molecule has 1 aromatic heterocycles. The van der Waals surface area contributed by atoms with Gasteiger partial charge in [-0.05, 0) is 37.4 Å². The van der Waals surface area contributed by atoms with E-state index in [9.17, 15) is 0 Å². The van der Waals surface area contributed by atoms with Gasteiger partial charge in [0.15, 0.2) is 0 Å². The summed E-state index contributed by atoms with van der Waals surface area (Å²) in [5.41, 5.74) is 2.60. The number of aromatic nitrogens is 1. The van der Waals surface area contributed by atoms with Crippen LogP contribution in [0.2, 0.25) is 0 Å². The fourth-order valence-corrected chi connectivity index (χ4v) is 2.31. The molecule has 0 fully saturated rings. The number of nitrogens with zero attached hydrogens (tertiary/aromatic N) is 2. The second-order valence-electron chi connectivity index (χ2n) is 4.76. The lowest BCUT2D eigenvalue weighted by atomic mass is 10.1. The molecule has 0 aliphatic carbocycles. The van der Waals surface area contributed by atoms with Crippen LogP contribution in [0.15, 0.2) is 18.5 Å². The fraction of sp³-hybridized carbons (Fsp3) is 0.667. The Bertz CT molecular complexity index is 334. The Balaban J connectivity index is 2.79. The van der Waals surface area contributed by atoms with E-state index in [0.29, 0.717) is 6.04 Å². The quantitative estimate of drug-likeness (QED) is 0.717. The van der Waals surface area contributed by atoms with Crippen molar-refractivity contribution in [1.29, 1.82) is 0 Å². The average Bonchev–Trinajstić information content (AvgIpc) is 2.41. The predicted molar refractivity (Wildman–Crippen MR) is 79.0 cm³/mol. The van der Waals surface area contributed by atoms with E-state index < -0.39 is 0 Å². The monoisotopic (exact) mass is 249 g/mol. The number of hydrogen-bond acceptors (Lipinski definition) is 3. The Morgan fingerprint density at radius 1 is 1.28 bits per heavy atom. The molecule has 0 saturated heterocycles. The van der Waals surface area contributed by atoms with Gasteiger partial charge < -0.3 is 10.2 Å². The summed E-state index contributed by atoms with van der Waals surface area (Å²) >= 11 is 0. The number of anilines is 1. The highest BCUT2D eigenvalue weighted by molar-refractivity contribution is 5.51. The van der Waals surface area contributed by atoms with Crippen molar-refractivity contribution in [3.63, 3.8) is 0 Å². The highest BCUT2D eigenvalue weighted by atomic mass is 15.1. The van der Waals surface area contributed by atoms with E-state index in [0.717, 1.165) is 13.1 Å². The smallest absolute Gasteiger partial charge is 0.0598 e. The predicted octanol–water partition coefficient (Wildman–Crippen LogP) is 3.21. The van der Waals surface area contributed by atoms with Gasteiger partial charge in [-0.3, -0.25) is 4.98 Å². The lowest BCUT2D eigenvalue weighted by molar-refractivity contribution is 0.586. The SMILES string of the molecule is CCCNCc1ccncc1N(C)C(CC)CC. The highest BCUT2D eigenvalue weighted by Crippen LogP contribution is 2.22. The van der Waals surface area contributed by atoms with Crippen molar-refractivity contribution in [2.75, 3.05) is 18.5 Å².